The number of nitrogens with zero attached hydrogens (tertiary/aromatic N) is 2. The zero-order chi connectivity index (χ0) is 18.3. The van der Waals surface area contributed by atoms with Crippen LogP contribution in [0.2, 0.25) is 10.0 Å². The summed E-state index contributed by atoms with van der Waals surface area (Å²) in [4.78, 5) is 0. The van der Waals surface area contributed by atoms with Gasteiger partial charge in [-0.25, -0.2) is 4.68 Å². The smallest absolute Gasteiger partial charge is 0.161 e. The lowest BCUT2D eigenvalue weighted by molar-refractivity contribution is 0.355. The van der Waals surface area contributed by atoms with E-state index in [-0.39, 0.29) is 0 Å². The molecule has 0 saturated carbocycles. The van der Waals surface area contributed by atoms with Crippen LogP contribution in [0.15, 0.2) is 36.4 Å². The van der Waals surface area contributed by atoms with Gasteiger partial charge in [-0.05, 0) is 42.8 Å². The van der Waals surface area contributed by atoms with Gasteiger partial charge in [0.25, 0.3) is 0 Å². The van der Waals surface area contributed by atoms with E-state index >= 15 is 0 Å². The number of benzene rings is 2. The number of fused-ring (bicyclic) bond motifs is 1. The summed E-state index contributed by atoms with van der Waals surface area (Å²) in [7, 11) is 3.25. The first kappa shape index (κ1) is 17.1. The van der Waals surface area contributed by atoms with Crippen molar-refractivity contribution in [3.63, 3.8) is 0 Å². The molecule has 7 heteroatoms. The molecule has 134 valence electrons. The second kappa shape index (κ2) is 6.74. The van der Waals surface area contributed by atoms with Crippen molar-refractivity contribution >= 4 is 29.0 Å². The second-order valence-electron chi connectivity index (χ2n) is 5.93. The molecule has 2 aromatic carbocycles. The van der Waals surface area contributed by atoms with Crippen LogP contribution >= 0.6 is 23.2 Å². The van der Waals surface area contributed by atoms with E-state index in [0.717, 1.165) is 41.3 Å². The van der Waals surface area contributed by atoms with Gasteiger partial charge in [-0.2, -0.15) is 5.10 Å². The fourth-order valence-electron chi connectivity index (χ4n) is 3.22. The minimum absolute atomic E-state index is 0.551. The van der Waals surface area contributed by atoms with E-state index in [4.69, 9.17) is 37.8 Å². The quantitative estimate of drug-likeness (QED) is 0.693. The molecular weight excluding hydrogens is 373 g/mol. The van der Waals surface area contributed by atoms with Crippen LogP contribution in [0.1, 0.15) is 5.56 Å². The van der Waals surface area contributed by atoms with Crippen LogP contribution in [0, 0.1) is 0 Å². The molecule has 0 bridgehead atoms. The highest BCUT2D eigenvalue weighted by Gasteiger charge is 2.25. The predicted molar refractivity (Wildman–Crippen MR) is 104 cm³/mol. The summed E-state index contributed by atoms with van der Waals surface area (Å²) in [6.07, 6.45) is 0.893. The van der Waals surface area contributed by atoms with E-state index in [0.29, 0.717) is 21.5 Å². The maximum Gasteiger partial charge on any atom is 0.161 e. The molecule has 5 nitrogen and oxygen atoms in total. The van der Waals surface area contributed by atoms with Crippen LogP contribution in [0.25, 0.3) is 16.9 Å². The molecule has 0 fully saturated rings. The van der Waals surface area contributed by atoms with Crippen molar-refractivity contribution in [2.75, 3.05) is 26.1 Å². The normalized spacial score (nSPS) is 12.6. The first-order chi connectivity index (χ1) is 12.6. The fourth-order valence-corrected chi connectivity index (χ4v) is 3.71. The highest BCUT2D eigenvalue weighted by Crippen LogP contribution is 2.39. The summed E-state index contributed by atoms with van der Waals surface area (Å²) in [5.41, 5.74) is 3.81. The molecule has 0 radical (unpaired) electrons. The molecule has 1 aliphatic heterocycles. The molecule has 0 spiro atoms. The molecular formula is C19H17Cl2N3O2. The standard InChI is InChI=1S/C19H17Cl2N3O2/c1-25-16-6-3-11(9-17(16)26-2)18-13-7-8-22-19(13)24(23-18)15-5-4-12(20)10-14(15)21/h3-6,9-10,22H,7-8H2,1-2H3. The number of aromatic nitrogens is 2. The summed E-state index contributed by atoms with van der Waals surface area (Å²) < 4.78 is 12.6. The Morgan fingerprint density at radius 3 is 2.58 bits per heavy atom. The van der Waals surface area contributed by atoms with Gasteiger partial charge in [0.2, 0.25) is 0 Å². The minimum Gasteiger partial charge on any atom is -0.493 e. The summed E-state index contributed by atoms with van der Waals surface area (Å²) in [6.45, 7) is 0.860. The van der Waals surface area contributed by atoms with Crippen LogP contribution < -0.4 is 14.8 Å². The highest BCUT2D eigenvalue weighted by molar-refractivity contribution is 6.35. The Kier molecular flexibility index (Phi) is 4.42. The first-order valence-corrected chi connectivity index (χ1v) is 8.91. The van der Waals surface area contributed by atoms with Crippen molar-refractivity contribution < 1.29 is 9.47 Å². The molecule has 0 aliphatic carbocycles. The van der Waals surface area contributed by atoms with Gasteiger partial charge in [0.05, 0.1) is 30.6 Å². The molecule has 0 atom stereocenters. The molecule has 0 amide bonds. The van der Waals surface area contributed by atoms with Crippen molar-refractivity contribution in [1.29, 1.82) is 0 Å². The monoisotopic (exact) mass is 389 g/mol. The molecule has 1 N–H and O–H groups in total. The van der Waals surface area contributed by atoms with Crippen molar-refractivity contribution in [2.24, 2.45) is 0 Å². The van der Waals surface area contributed by atoms with Gasteiger partial charge in [-0.3, -0.25) is 0 Å². The van der Waals surface area contributed by atoms with Crippen LogP contribution in [0.3, 0.4) is 0 Å². The van der Waals surface area contributed by atoms with Gasteiger partial charge < -0.3 is 14.8 Å². The summed E-state index contributed by atoms with van der Waals surface area (Å²) in [5, 5.41) is 9.37. The number of nitrogens with one attached hydrogen (secondary N) is 1. The second-order valence-corrected chi connectivity index (χ2v) is 6.77. The lowest BCUT2D eigenvalue weighted by Gasteiger charge is -2.10. The fraction of sp³-hybridized carbons (Fsp3) is 0.211. The number of methoxy groups -OCH3 is 2. The lowest BCUT2D eigenvalue weighted by atomic mass is 10.1. The Morgan fingerprint density at radius 1 is 1.04 bits per heavy atom. The molecule has 4 rings (SSSR count). The molecule has 0 unspecified atom stereocenters. The molecule has 26 heavy (non-hydrogen) atoms. The summed E-state index contributed by atoms with van der Waals surface area (Å²) >= 11 is 12.4. The molecule has 1 aliphatic rings. The summed E-state index contributed by atoms with van der Waals surface area (Å²) in [5.74, 6) is 2.31. The van der Waals surface area contributed by atoms with Crippen LogP contribution in [-0.4, -0.2) is 30.5 Å². The molecule has 0 saturated heterocycles. The summed E-state index contributed by atoms with van der Waals surface area (Å²) in [6, 6.07) is 11.2. The maximum atomic E-state index is 6.40. The Hall–Kier alpha value is -2.37. The van der Waals surface area contributed by atoms with Crippen molar-refractivity contribution in [3.05, 3.63) is 52.0 Å². The van der Waals surface area contributed by atoms with Gasteiger partial charge in [0.15, 0.2) is 11.5 Å². The number of hydrogen-bond acceptors (Lipinski definition) is 4. The number of hydrogen-bond donors (Lipinski definition) is 1. The third-order valence-electron chi connectivity index (χ3n) is 4.45. The highest BCUT2D eigenvalue weighted by atomic mass is 35.5. The zero-order valence-electron chi connectivity index (χ0n) is 14.3. The average molecular weight is 390 g/mol. The molecule has 2 heterocycles. The molecule has 3 aromatic rings. The van der Waals surface area contributed by atoms with Crippen molar-refractivity contribution in [2.45, 2.75) is 6.42 Å². The van der Waals surface area contributed by atoms with Gasteiger partial charge in [-0.1, -0.05) is 23.2 Å². The van der Waals surface area contributed by atoms with Gasteiger partial charge >= 0.3 is 0 Å². The average Bonchev–Trinajstić information content (AvgIpc) is 3.24. The molecule has 1 aromatic heterocycles. The maximum absolute atomic E-state index is 6.40. The number of ether oxygens (including phenoxy) is 2. The number of halogens is 2. The van der Waals surface area contributed by atoms with Crippen molar-refractivity contribution in [1.82, 2.24) is 9.78 Å². The van der Waals surface area contributed by atoms with Gasteiger partial charge in [-0.15, -0.1) is 0 Å². The third kappa shape index (κ3) is 2.77. The largest absolute Gasteiger partial charge is 0.493 e. The number of anilines is 1. The van der Waals surface area contributed by atoms with E-state index in [1.54, 1.807) is 20.3 Å². The third-order valence-corrected chi connectivity index (χ3v) is 4.98. The van der Waals surface area contributed by atoms with Crippen LogP contribution in [-0.2, 0) is 6.42 Å². The number of rotatable bonds is 4. The van der Waals surface area contributed by atoms with Gasteiger partial charge in [0, 0.05) is 22.7 Å². The Morgan fingerprint density at radius 2 is 1.85 bits per heavy atom. The Labute approximate surface area is 161 Å². The Balaban J connectivity index is 1.87. The zero-order valence-corrected chi connectivity index (χ0v) is 15.9. The minimum atomic E-state index is 0.551. The van der Waals surface area contributed by atoms with E-state index in [2.05, 4.69) is 5.32 Å². The predicted octanol–water partition coefficient (Wildman–Crippen LogP) is 4.83. The van der Waals surface area contributed by atoms with E-state index in [1.807, 2.05) is 35.0 Å². The van der Waals surface area contributed by atoms with Crippen LogP contribution in [0.5, 0.6) is 11.5 Å². The van der Waals surface area contributed by atoms with E-state index in [1.165, 1.54) is 0 Å². The van der Waals surface area contributed by atoms with Gasteiger partial charge in [0.1, 0.15) is 5.82 Å². The van der Waals surface area contributed by atoms with Crippen molar-refractivity contribution in [3.8, 4) is 28.4 Å². The first-order valence-electron chi connectivity index (χ1n) is 8.16. The lowest BCUT2D eigenvalue weighted by Crippen LogP contribution is -2.04. The topological polar surface area (TPSA) is 48.3 Å². The van der Waals surface area contributed by atoms with E-state index in [9.17, 15) is 0 Å². The van der Waals surface area contributed by atoms with E-state index < -0.39 is 0 Å². The van der Waals surface area contributed by atoms with Crippen LogP contribution in [0.4, 0.5) is 5.82 Å². The Bertz CT molecular complexity index is 985. The SMILES string of the molecule is COc1ccc(-c2nn(-c3ccc(Cl)cc3Cl)c3c2CCN3)cc1OC.